The van der Waals surface area contributed by atoms with Gasteiger partial charge in [-0.15, -0.1) is 0 Å². The lowest BCUT2D eigenvalue weighted by Gasteiger charge is -2.25. The summed E-state index contributed by atoms with van der Waals surface area (Å²) in [5.74, 6) is 0.603. The van der Waals surface area contributed by atoms with Crippen LogP contribution < -0.4 is 10.1 Å². The Bertz CT molecular complexity index is 723. The van der Waals surface area contributed by atoms with Crippen molar-refractivity contribution in [1.82, 2.24) is 10.2 Å². The molecule has 0 bridgehead atoms. The molecule has 0 radical (unpaired) electrons. The third kappa shape index (κ3) is 3.70. The Hall–Kier alpha value is -2.37. The number of carbonyl (C=O) groups is 3. The molecule has 6 heteroatoms. The van der Waals surface area contributed by atoms with Crippen molar-refractivity contribution in [2.75, 3.05) is 19.7 Å². The predicted molar refractivity (Wildman–Crippen MR) is 98.9 cm³/mol. The molecule has 0 unspecified atom stereocenters. The number of hydrogen-bond acceptors (Lipinski definition) is 4. The lowest BCUT2D eigenvalue weighted by atomic mass is 9.81. The SMILES string of the molecule is O=C(CCN1C(=O)[C@H]2CCCC[C@H]2C1=O)NC[C@@H]1COc2ccccc2C1. The number of para-hydroxylation sites is 1. The highest BCUT2D eigenvalue weighted by molar-refractivity contribution is 6.05. The zero-order valence-electron chi connectivity index (χ0n) is 15.5. The molecule has 144 valence electrons. The maximum atomic E-state index is 12.4. The molecule has 0 spiro atoms. The summed E-state index contributed by atoms with van der Waals surface area (Å²) in [7, 11) is 0. The van der Waals surface area contributed by atoms with Gasteiger partial charge in [0.15, 0.2) is 0 Å². The predicted octanol–water partition coefficient (Wildman–Crippen LogP) is 1.92. The number of fused-ring (bicyclic) bond motifs is 2. The van der Waals surface area contributed by atoms with Crippen molar-refractivity contribution in [2.24, 2.45) is 17.8 Å². The molecule has 1 aliphatic carbocycles. The molecular weight excluding hydrogens is 344 g/mol. The third-order valence-electron chi connectivity index (χ3n) is 6.04. The quantitative estimate of drug-likeness (QED) is 0.804. The van der Waals surface area contributed by atoms with Crippen molar-refractivity contribution in [3.8, 4) is 5.75 Å². The Balaban J connectivity index is 1.23. The van der Waals surface area contributed by atoms with E-state index in [1.54, 1.807) is 0 Å². The highest BCUT2D eigenvalue weighted by atomic mass is 16.5. The van der Waals surface area contributed by atoms with E-state index in [-0.39, 0.29) is 48.4 Å². The number of likely N-dealkylation sites (tertiary alicyclic amines) is 1. The zero-order chi connectivity index (χ0) is 18.8. The number of benzene rings is 1. The van der Waals surface area contributed by atoms with Gasteiger partial charge in [-0.25, -0.2) is 0 Å². The molecule has 1 aromatic rings. The fourth-order valence-electron chi connectivity index (χ4n) is 4.53. The first-order valence-corrected chi connectivity index (χ1v) is 9.96. The van der Waals surface area contributed by atoms with Gasteiger partial charge in [0.1, 0.15) is 5.75 Å². The molecule has 0 aromatic heterocycles. The van der Waals surface area contributed by atoms with Crippen molar-refractivity contribution in [1.29, 1.82) is 0 Å². The van der Waals surface area contributed by atoms with Crippen LogP contribution in [0, 0.1) is 17.8 Å². The number of imide groups is 1. The summed E-state index contributed by atoms with van der Waals surface area (Å²) in [6.07, 6.45) is 4.69. The summed E-state index contributed by atoms with van der Waals surface area (Å²) in [4.78, 5) is 38.4. The summed E-state index contributed by atoms with van der Waals surface area (Å²) in [6.45, 7) is 1.32. The van der Waals surface area contributed by atoms with Crippen LogP contribution in [0.2, 0.25) is 0 Å². The van der Waals surface area contributed by atoms with Crippen LogP contribution in [0.3, 0.4) is 0 Å². The Labute approximate surface area is 159 Å². The van der Waals surface area contributed by atoms with Crippen LogP contribution >= 0.6 is 0 Å². The summed E-state index contributed by atoms with van der Waals surface area (Å²) in [6, 6.07) is 7.96. The number of amides is 3. The highest BCUT2D eigenvalue weighted by Gasteiger charge is 2.47. The smallest absolute Gasteiger partial charge is 0.233 e. The minimum atomic E-state index is -0.145. The summed E-state index contributed by atoms with van der Waals surface area (Å²) >= 11 is 0. The van der Waals surface area contributed by atoms with Crippen molar-refractivity contribution < 1.29 is 19.1 Å². The summed E-state index contributed by atoms with van der Waals surface area (Å²) in [5, 5.41) is 2.93. The van der Waals surface area contributed by atoms with Crippen LogP contribution in [0.25, 0.3) is 0 Å². The van der Waals surface area contributed by atoms with Gasteiger partial charge in [-0.3, -0.25) is 19.3 Å². The van der Waals surface area contributed by atoms with E-state index in [2.05, 4.69) is 5.32 Å². The summed E-state index contributed by atoms with van der Waals surface area (Å²) in [5.41, 5.74) is 1.17. The van der Waals surface area contributed by atoms with Gasteiger partial charge in [-0.1, -0.05) is 31.0 Å². The maximum Gasteiger partial charge on any atom is 0.233 e. The molecule has 1 N–H and O–H groups in total. The van der Waals surface area contributed by atoms with Crippen molar-refractivity contribution >= 4 is 17.7 Å². The third-order valence-corrected chi connectivity index (χ3v) is 6.04. The van der Waals surface area contributed by atoms with Crippen LogP contribution in [0.4, 0.5) is 0 Å². The molecule has 2 fully saturated rings. The van der Waals surface area contributed by atoms with Gasteiger partial charge in [0, 0.05) is 25.4 Å². The summed E-state index contributed by atoms with van der Waals surface area (Å²) < 4.78 is 5.74. The van der Waals surface area contributed by atoms with Gasteiger partial charge in [-0.2, -0.15) is 0 Å². The largest absolute Gasteiger partial charge is 0.493 e. The molecule has 3 aliphatic rings. The second-order valence-corrected chi connectivity index (χ2v) is 7.87. The first kappa shape index (κ1) is 18.0. The minimum Gasteiger partial charge on any atom is -0.493 e. The topological polar surface area (TPSA) is 75.7 Å². The Kier molecular flexibility index (Phi) is 5.14. The Morgan fingerprint density at radius 3 is 2.56 bits per heavy atom. The lowest BCUT2D eigenvalue weighted by Crippen LogP contribution is -2.38. The van der Waals surface area contributed by atoms with E-state index in [0.717, 1.165) is 37.9 Å². The molecule has 2 heterocycles. The number of hydrogen-bond donors (Lipinski definition) is 1. The minimum absolute atomic E-state index is 0.0743. The molecule has 4 rings (SSSR count). The van der Waals surface area contributed by atoms with E-state index in [9.17, 15) is 14.4 Å². The Morgan fingerprint density at radius 2 is 1.81 bits per heavy atom. The van der Waals surface area contributed by atoms with Gasteiger partial charge < -0.3 is 10.1 Å². The molecule has 27 heavy (non-hydrogen) atoms. The lowest BCUT2D eigenvalue weighted by molar-refractivity contribution is -0.140. The van der Waals surface area contributed by atoms with E-state index >= 15 is 0 Å². The van der Waals surface area contributed by atoms with E-state index in [1.807, 2.05) is 24.3 Å². The fourth-order valence-corrected chi connectivity index (χ4v) is 4.53. The highest BCUT2D eigenvalue weighted by Crippen LogP contribution is 2.38. The molecule has 3 atom stereocenters. The van der Waals surface area contributed by atoms with Crippen LogP contribution in [0.15, 0.2) is 24.3 Å². The number of carbonyl (C=O) groups excluding carboxylic acids is 3. The van der Waals surface area contributed by atoms with E-state index in [0.29, 0.717) is 13.2 Å². The van der Waals surface area contributed by atoms with E-state index < -0.39 is 0 Å². The van der Waals surface area contributed by atoms with Gasteiger partial charge in [-0.05, 0) is 30.9 Å². The number of ether oxygens (including phenoxy) is 1. The average molecular weight is 370 g/mol. The van der Waals surface area contributed by atoms with Crippen LogP contribution in [0.5, 0.6) is 5.75 Å². The molecule has 1 aromatic carbocycles. The maximum absolute atomic E-state index is 12.4. The number of nitrogens with one attached hydrogen (secondary N) is 1. The number of nitrogens with zero attached hydrogens (tertiary/aromatic N) is 1. The van der Waals surface area contributed by atoms with Crippen LogP contribution in [0.1, 0.15) is 37.7 Å². The van der Waals surface area contributed by atoms with E-state index in [4.69, 9.17) is 4.74 Å². The van der Waals surface area contributed by atoms with Crippen molar-refractivity contribution in [3.63, 3.8) is 0 Å². The molecule has 1 saturated heterocycles. The molecule has 1 saturated carbocycles. The first-order chi connectivity index (χ1) is 13.1. The first-order valence-electron chi connectivity index (χ1n) is 9.96. The zero-order valence-corrected chi connectivity index (χ0v) is 15.5. The van der Waals surface area contributed by atoms with E-state index in [1.165, 1.54) is 10.5 Å². The van der Waals surface area contributed by atoms with Crippen LogP contribution in [-0.2, 0) is 20.8 Å². The molecule has 6 nitrogen and oxygen atoms in total. The Morgan fingerprint density at radius 1 is 1.11 bits per heavy atom. The van der Waals surface area contributed by atoms with Gasteiger partial charge in [0.05, 0.1) is 18.4 Å². The van der Waals surface area contributed by atoms with Gasteiger partial charge in [0.25, 0.3) is 0 Å². The average Bonchev–Trinajstić information content (AvgIpc) is 2.95. The normalized spacial score (nSPS) is 27.0. The second kappa shape index (κ2) is 7.71. The van der Waals surface area contributed by atoms with Crippen LogP contribution in [-0.4, -0.2) is 42.3 Å². The van der Waals surface area contributed by atoms with Crippen molar-refractivity contribution in [3.05, 3.63) is 29.8 Å². The van der Waals surface area contributed by atoms with Crippen molar-refractivity contribution in [2.45, 2.75) is 38.5 Å². The van der Waals surface area contributed by atoms with Gasteiger partial charge in [0.2, 0.25) is 17.7 Å². The molecular formula is C21H26N2O4. The fraction of sp³-hybridized carbons (Fsp3) is 0.571. The van der Waals surface area contributed by atoms with Gasteiger partial charge >= 0.3 is 0 Å². The number of rotatable bonds is 5. The second-order valence-electron chi connectivity index (χ2n) is 7.87. The molecule has 3 amide bonds. The molecule has 2 aliphatic heterocycles. The standard InChI is InChI=1S/C21H26N2O4/c24-19(22-12-14-11-15-5-1-4-8-18(15)27-13-14)9-10-23-20(25)16-6-2-3-7-17(16)21(23)26/h1,4-5,8,14,16-17H,2-3,6-7,9-13H2,(H,22,24)/t14-,16-,17+/m1/s1. The monoisotopic (exact) mass is 370 g/mol.